The Bertz CT molecular complexity index is 676. The van der Waals surface area contributed by atoms with E-state index in [2.05, 4.69) is 22.4 Å². The Kier molecular flexibility index (Phi) is 7.33. The van der Waals surface area contributed by atoms with E-state index in [0.29, 0.717) is 29.5 Å². The number of carbonyl (C=O) groups excluding carboxylic acids is 1. The van der Waals surface area contributed by atoms with Crippen molar-refractivity contribution < 1.29 is 14.3 Å². The number of anilines is 1. The molecule has 0 spiro atoms. The summed E-state index contributed by atoms with van der Waals surface area (Å²) < 4.78 is 11.4. The molecule has 0 saturated carbocycles. The minimum absolute atomic E-state index is 0.0759. The highest BCUT2D eigenvalue weighted by atomic mass is 32.2. The van der Waals surface area contributed by atoms with Gasteiger partial charge in [-0.1, -0.05) is 36.1 Å². The van der Waals surface area contributed by atoms with Gasteiger partial charge in [-0.2, -0.15) is 0 Å². The monoisotopic (exact) mass is 367 g/mol. The Morgan fingerprint density at radius 2 is 2.04 bits per heavy atom. The van der Waals surface area contributed by atoms with Crippen LogP contribution < -0.4 is 14.8 Å². The second kappa shape index (κ2) is 9.48. The van der Waals surface area contributed by atoms with Crippen LogP contribution in [0.4, 0.5) is 5.13 Å². The second-order valence-electron chi connectivity index (χ2n) is 4.96. The average Bonchev–Trinajstić information content (AvgIpc) is 3.05. The summed E-state index contributed by atoms with van der Waals surface area (Å²) in [7, 11) is 3.19. The number of benzene rings is 1. The SMILES string of the molecule is CCCSc1nnc(NC(=O)CCc2ccc(OC)c(OC)c2)s1. The number of carbonyl (C=O) groups is 1. The number of ether oxygens (including phenoxy) is 2. The van der Waals surface area contributed by atoms with Crippen molar-refractivity contribution in [2.24, 2.45) is 0 Å². The predicted molar refractivity (Wildman–Crippen MR) is 97.4 cm³/mol. The van der Waals surface area contributed by atoms with Gasteiger partial charge in [0.05, 0.1) is 14.2 Å². The summed E-state index contributed by atoms with van der Waals surface area (Å²) in [6.45, 7) is 2.12. The molecule has 0 saturated heterocycles. The average molecular weight is 367 g/mol. The van der Waals surface area contributed by atoms with Crippen LogP contribution in [0.1, 0.15) is 25.3 Å². The zero-order valence-electron chi connectivity index (χ0n) is 14.0. The van der Waals surface area contributed by atoms with Gasteiger partial charge in [-0.05, 0) is 30.5 Å². The molecule has 1 N–H and O–H groups in total. The number of rotatable bonds is 9. The first-order valence-corrected chi connectivity index (χ1v) is 9.43. The van der Waals surface area contributed by atoms with Crippen LogP contribution in [0.5, 0.6) is 11.5 Å². The lowest BCUT2D eigenvalue weighted by molar-refractivity contribution is -0.116. The smallest absolute Gasteiger partial charge is 0.226 e. The molecule has 0 fully saturated rings. The number of nitrogens with zero attached hydrogens (tertiary/aromatic N) is 2. The van der Waals surface area contributed by atoms with E-state index in [0.717, 1.165) is 22.1 Å². The fourth-order valence-electron chi connectivity index (χ4n) is 1.98. The van der Waals surface area contributed by atoms with Crippen molar-refractivity contribution in [1.29, 1.82) is 0 Å². The molecule has 1 heterocycles. The van der Waals surface area contributed by atoms with E-state index in [-0.39, 0.29) is 5.91 Å². The summed E-state index contributed by atoms with van der Waals surface area (Å²) in [5.74, 6) is 2.27. The van der Waals surface area contributed by atoms with Gasteiger partial charge in [0.2, 0.25) is 11.0 Å². The van der Waals surface area contributed by atoms with Crippen LogP contribution in [0.25, 0.3) is 0 Å². The van der Waals surface area contributed by atoms with Gasteiger partial charge in [0, 0.05) is 12.2 Å². The molecule has 0 aliphatic carbocycles. The number of aryl methyl sites for hydroxylation is 1. The lowest BCUT2D eigenvalue weighted by Crippen LogP contribution is -2.12. The van der Waals surface area contributed by atoms with E-state index in [4.69, 9.17) is 9.47 Å². The lowest BCUT2D eigenvalue weighted by Gasteiger charge is -2.09. The second-order valence-corrected chi connectivity index (χ2v) is 7.28. The predicted octanol–water partition coefficient (Wildman–Crippen LogP) is 3.63. The number of amides is 1. The normalized spacial score (nSPS) is 10.5. The lowest BCUT2D eigenvalue weighted by atomic mass is 10.1. The fourth-order valence-corrected chi connectivity index (χ4v) is 3.68. The Morgan fingerprint density at radius 3 is 2.75 bits per heavy atom. The van der Waals surface area contributed by atoms with Crippen LogP contribution in [0, 0.1) is 0 Å². The summed E-state index contributed by atoms with van der Waals surface area (Å²) >= 11 is 3.06. The largest absolute Gasteiger partial charge is 0.493 e. The Morgan fingerprint density at radius 1 is 1.25 bits per heavy atom. The highest BCUT2D eigenvalue weighted by Crippen LogP contribution is 2.28. The van der Waals surface area contributed by atoms with Crippen molar-refractivity contribution in [3.8, 4) is 11.5 Å². The minimum Gasteiger partial charge on any atom is -0.493 e. The molecule has 0 radical (unpaired) electrons. The van der Waals surface area contributed by atoms with Crippen molar-refractivity contribution in [2.75, 3.05) is 25.3 Å². The van der Waals surface area contributed by atoms with E-state index in [1.165, 1.54) is 11.3 Å². The number of hydrogen-bond donors (Lipinski definition) is 1. The molecule has 1 aromatic heterocycles. The molecule has 0 atom stereocenters. The van der Waals surface area contributed by atoms with E-state index in [9.17, 15) is 4.79 Å². The topological polar surface area (TPSA) is 73.3 Å². The maximum absolute atomic E-state index is 12.1. The fraction of sp³-hybridized carbons (Fsp3) is 0.438. The molecule has 0 aliphatic rings. The molecular formula is C16H21N3O3S2. The summed E-state index contributed by atoms with van der Waals surface area (Å²) in [6.07, 6.45) is 2.06. The molecule has 1 amide bonds. The maximum Gasteiger partial charge on any atom is 0.226 e. The number of hydrogen-bond acceptors (Lipinski definition) is 7. The Hall–Kier alpha value is -1.80. The summed E-state index contributed by atoms with van der Waals surface area (Å²) in [4.78, 5) is 12.1. The molecule has 8 heteroatoms. The molecule has 0 unspecified atom stereocenters. The molecule has 0 aliphatic heterocycles. The molecule has 1 aromatic carbocycles. The first-order valence-electron chi connectivity index (χ1n) is 7.63. The first-order chi connectivity index (χ1) is 11.7. The molecular weight excluding hydrogens is 346 g/mol. The van der Waals surface area contributed by atoms with Gasteiger partial charge < -0.3 is 14.8 Å². The van der Waals surface area contributed by atoms with Gasteiger partial charge in [-0.15, -0.1) is 10.2 Å². The summed E-state index contributed by atoms with van der Waals surface area (Å²) in [6, 6.07) is 5.66. The third-order valence-electron chi connectivity index (χ3n) is 3.17. The summed E-state index contributed by atoms with van der Waals surface area (Å²) in [5, 5.41) is 11.4. The minimum atomic E-state index is -0.0759. The van der Waals surface area contributed by atoms with Gasteiger partial charge in [0.1, 0.15) is 0 Å². The van der Waals surface area contributed by atoms with Crippen LogP contribution in [-0.2, 0) is 11.2 Å². The van der Waals surface area contributed by atoms with E-state index >= 15 is 0 Å². The van der Waals surface area contributed by atoms with E-state index in [1.54, 1.807) is 26.0 Å². The van der Waals surface area contributed by atoms with Crippen LogP contribution in [0.3, 0.4) is 0 Å². The van der Waals surface area contributed by atoms with E-state index < -0.39 is 0 Å². The molecule has 6 nitrogen and oxygen atoms in total. The van der Waals surface area contributed by atoms with Crippen molar-refractivity contribution in [1.82, 2.24) is 10.2 Å². The maximum atomic E-state index is 12.1. The van der Waals surface area contributed by atoms with Crippen molar-refractivity contribution >= 4 is 34.1 Å². The van der Waals surface area contributed by atoms with Gasteiger partial charge >= 0.3 is 0 Å². The first kappa shape index (κ1) is 18.5. The molecule has 2 aromatic rings. The molecule has 2 rings (SSSR count). The van der Waals surface area contributed by atoms with Gasteiger partial charge in [-0.3, -0.25) is 4.79 Å². The number of nitrogens with one attached hydrogen (secondary N) is 1. The van der Waals surface area contributed by atoms with Gasteiger partial charge in [0.25, 0.3) is 0 Å². The summed E-state index contributed by atoms with van der Waals surface area (Å²) in [5.41, 5.74) is 1.01. The Labute approximate surface area is 150 Å². The van der Waals surface area contributed by atoms with Crippen molar-refractivity contribution in [3.63, 3.8) is 0 Å². The van der Waals surface area contributed by atoms with Crippen LogP contribution >= 0.6 is 23.1 Å². The number of aromatic nitrogens is 2. The Balaban J connectivity index is 1.85. The van der Waals surface area contributed by atoms with Crippen LogP contribution in [0.2, 0.25) is 0 Å². The highest BCUT2D eigenvalue weighted by molar-refractivity contribution is 8.01. The van der Waals surface area contributed by atoms with Gasteiger partial charge in [-0.25, -0.2) is 0 Å². The van der Waals surface area contributed by atoms with E-state index in [1.807, 2.05) is 18.2 Å². The number of thioether (sulfide) groups is 1. The third-order valence-corrected chi connectivity index (χ3v) is 5.35. The van der Waals surface area contributed by atoms with Crippen molar-refractivity contribution in [3.05, 3.63) is 23.8 Å². The quantitative estimate of drug-likeness (QED) is 0.539. The zero-order valence-corrected chi connectivity index (χ0v) is 15.6. The zero-order chi connectivity index (χ0) is 17.4. The highest BCUT2D eigenvalue weighted by Gasteiger charge is 2.10. The van der Waals surface area contributed by atoms with Crippen molar-refractivity contribution in [2.45, 2.75) is 30.5 Å². The molecule has 0 bridgehead atoms. The van der Waals surface area contributed by atoms with Crippen LogP contribution in [0.15, 0.2) is 22.5 Å². The molecule has 130 valence electrons. The third kappa shape index (κ3) is 5.38. The standard InChI is InChI=1S/C16H21N3O3S2/c1-4-9-23-16-19-18-15(24-16)17-14(20)8-6-11-5-7-12(21-2)13(10-11)22-3/h5,7,10H,4,6,8-9H2,1-3H3,(H,17,18,20). The van der Waals surface area contributed by atoms with Crippen LogP contribution in [-0.4, -0.2) is 36.1 Å². The van der Waals surface area contributed by atoms with Gasteiger partial charge in [0.15, 0.2) is 15.8 Å². The number of methoxy groups -OCH3 is 2. The molecule has 24 heavy (non-hydrogen) atoms.